The van der Waals surface area contributed by atoms with E-state index in [4.69, 9.17) is 21.1 Å². The van der Waals surface area contributed by atoms with Crippen LogP contribution in [0.25, 0.3) is 0 Å². The van der Waals surface area contributed by atoms with Crippen LogP contribution >= 0.6 is 11.6 Å². The largest absolute Gasteiger partial charge is 0.343 e. The van der Waals surface area contributed by atoms with E-state index in [1.807, 2.05) is 0 Å². The number of ketones is 1. The zero-order chi connectivity index (χ0) is 17.4. The van der Waals surface area contributed by atoms with E-state index in [9.17, 15) is 4.79 Å². The van der Waals surface area contributed by atoms with E-state index < -0.39 is 5.79 Å². The molecule has 0 bridgehead atoms. The van der Waals surface area contributed by atoms with Crippen LogP contribution in [0.15, 0.2) is 11.1 Å². The lowest BCUT2D eigenvalue weighted by atomic mass is 9.46. The molecule has 3 saturated carbocycles. The van der Waals surface area contributed by atoms with Crippen molar-refractivity contribution in [3.63, 3.8) is 0 Å². The maximum absolute atomic E-state index is 12.5. The highest BCUT2D eigenvalue weighted by Gasteiger charge is 2.62. The molecule has 4 heteroatoms. The average molecular weight is 365 g/mol. The normalized spacial score (nSPS) is 51.0. The molecule has 1 heterocycles. The van der Waals surface area contributed by atoms with Crippen LogP contribution in [0.3, 0.4) is 0 Å². The van der Waals surface area contributed by atoms with E-state index in [1.165, 1.54) is 12.8 Å². The third-order valence-corrected chi connectivity index (χ3v) is 9.14. The van der Waals surface area contributed by atoms with Gasteiger partial charge in [-0.15, -0.1) is 0 Å². The molecular formula is C21H29ClO3. The SMILES string of the molecule is C[C@]12C=C(Cl)C3(C[C@@H]1CC[C@@H]1[C@@H]2CC[C@]2(C)C(=O)CC[C@@H]12)OCCO3. The molecule has 4 aliphatic carbocycles. The van der Waals surface area contributed by atoms with Crippen LogP contribution in [-0.2, 0) is 14.3 Å². The summed E-state index contributed by atoms with van der Waals surface area (Å²) in [5.41, 5.74) is 0.0684. The predicted octanol–water partition coefficient (Wildman–Crippen LogP) is 4.68. The highest BCUT2D eigenvalue weighted by molar-refractivity contribution is 6.30. The molecule has 1 spiro atoms. The zero-order valence-electron chi connectivity index (χ0n) is 15.4. The van der Waals surface area contributed by atoms with Crippen LogP contribution in [0.4, 0.5) is 0 Å². The van der Waals surface area contributed by atoms with Gasteiger partial charge in [0.25, 0.3) is 0 Å². The van der Waals surface area contributed by atoms with Gasteiger partial charge in [0.1, 0.15) is 5.78 Å². The van der Waals surface area contributed by atoms with Crippen molar-refractivity contribution in [3.05, 3.63) is 11.1 Å². The summed E-state index contributed by atoms with van der Waals surface area (Å²) in [7, 11) is 0. The van der Waals surface area contributed by atoms with E-state index in [-0.39, 0.29) is 10.8 Å². The standard InChI is InChI=1S/C21H29ClO3/c1-19-8-7-16-14(15(19)5-6-18(19)23)4-3-13-11-21(24-9-10-25-21)17(22)12-20(13,16)2/h12-16H,3-11H2,1-2H3/t13-,14-,15-,16-,19-,20-/m0/s1. The highest BCUT2D eigenvalue weighted by Crippen LogP contribution is 2.66. The number of ether oxygens (including phenoxy) is 2. The summed E-state index contributed by atoms with van der Waals surface area (Å²) in [4.78, 5) is 12.5. The maximum Gasteiger partial charge on any atom is 0.205 e. The fourth-order valence-electron chi connectivity index (χ4n) is 7.30. The van der Waals surface area contributed by atoms with Gasteiger partial charge >= 0.3 is 0 Å². The minimum atomic E-state index is -0.662. The fraction of sp³-hybridized carbons (Fsp3) is 0.857. The smallest absolute Gasteiger partial charge is 0.205 e. The van der Waals surface area contributed by atoms with Gasteiger partial charge in [0.2, 0.25) is 5.79 Å². The summed E-state index contributed by atoms with van der Waals surface area (Å²) in [5.74, 6) is 2.32. The van der Waals surface area contributed by atoms with Gasteiger partial charge in [0, 0.05) is 18.3 Å². The molecule has 0 N–H and O–H groups in total. The number of hydrogen-bond acceptors (Lipinski definition) is 3. The molecule has 0 unspecified atom stereocenters. The van der Waals surface area contributed by atoms with Crippen molar-refractivity contribution >= 4 is 17.4 Å². The number of rotatable bonds is 0. The summed E-state index contributed by atoms with van der Waals surface area (Å²) < 4.78 is 11.9. The number of carbonyl (C=O) groups is 1. The number of fused-ring (bicyclic) bond motifs is 5. The Balaban J connectivity index is 1.51. The van der Waals surface area contributed by atoms with Crippen molar-refractivity contribution in [3.8, 4) is 0 Å². The fourth-order valence-corrected chi connectivity index (χ4v) is 7.72. The molecule has 0 aromatic carbocycles. The van der Waals surface area contributed by atoms with Gasteiger partial charge in [-0.3, -0.25) is 4.79 Å². The Labute approximate surface area is 155 Å². The van der Waals surface area contributed by atoms with E-state index in [0.29, 0.717) is 42.7 Å². The third kappa shape index (κ3) is 2.09. The van der Waals surface area contributed by atoms with Crippen LogP contribution < -0.4 is 0 Å². The Morgan fingerprint density at radius 3 is 2.60 bits per heavy atom. The number of halogens is 1. The molecule has 138 valence electrons. The van der Waals surface area contributed by atoms with Crippen LogP contribution in [0.2, 0.25) is 0 Å². The topological polar surface area (TPSA) is 35.5 Å². The molecule has 3 nitrogen and oxygen atoms in total. The third-order valence-electron chi connectivity index (χ3n) is 8.74. The summed E-state index contributed by atoms with van der Waals surface area (Å²) in [6.07, 6.45) is 9.76. The number of hydrogen-bond donors (Lipinski definition) is 0. The second kappa shape index (κ2) is 5.33. The summed E-state index contributed by atoms with van der Waals surface area (Å²) >= 11 is 6.74. The minimum absolute atomic E-state index is 0.0502. The zero-order valence-corrected chi connectivity index (χ0v) is 16.1. The van der Waals surface area contributed by atoms with Gasteiger partial charge in [0.05, 0.1) is 18.2 Å². The van der Waals surface area contributed by atoms with Gasteiger partial charge in [-0.05, 0) is 61.2 Å². The monoisotopic (exact) mass is 364 g/mol. The van der Waals surface area contributed by atoms with Crippen LogP contribution in [0.5, 0.6) is 0 Å². The molecule has 0 aromatic heterocycles. The lowest BCUT2D eigenvalue weighted by molar-refractivity contribution is -0.169. The van der Waals surface area contributed by atoms with E-state index in [2.05, 4.69) is 19.9 Å². The lowest BCUT2D eigenvalue weighted by Gasteiger charge is -2.59. The van der Waals surface area contributed by atoms with Crippen LogP contribution in [0, 0.1) is 34.5 Å². The van der Waals surface area contributed by atoms with Gasteiger partial charge in [-0.1, -0.05) is 31.5 Å². The number of carbonyl (C=O) groups excluding carboxylic acids is 1. The Bertz CT molecular complexity index is 637. The lowest BCUT2D eigenvalue weighted by Crippen LogP contribution is -2.55. The summed E-state index contributed by atoms with van der Waals surface area (Å²) in [5, 5.41) is 0.764. The molecular weight excluding hydrogens is 336 g/mol. The molecule has 25 heavy (non-hydrogen) atoms. The molecule has 0 radical (unpaired) electrons. The van der Waals surface area contributed by atoms with E-state index >= 15 is 0 Å². The molecule has 1 aliphatic heterocycles. The van der Waals surface area contributed by atoms with Gasteiger partial charge in [0.15, 0.2) is 0 Å². The first-order chi connectivity index (χ1) is 11.9. The van der Waals surface area contributed by atoms with Gasteiger partial charge in [-0.2, -0.15) is 0 Å². The molecule has 0 amide bonds. The van der Waals surface area contributed by atoms with Gasteiger partial charge < -0.3 is 9.47 Å². The second-order valence-corrected chi connectivity index (χ2v) is 9.99. The molecule has 5 aliphatic rings. The molecule has 5 rings (SSSR count). The first-order valence-electron chi connectivity index (χ1n) is 10.1. The van der Waals surface area contributed by atoms with Gasteiger partial charge in [-0.25, -0.2) is 0 Å². The predicted molar refractivity (Wildman–Crippen MR) is 96.1 cm³/mol. The molecule has 1 saturated heterocycles. The van der Waals surface area contributed by atoms with Crippen molar-refractivity contribution < 1.29 is 14.3 Å². The Kier molecular flexibility index (Phi) is 3.57. The number of allylic oxidation sites excluding steroid dienone is 1. The Morgan fingerprint density at radius 1 is 1.08 bits per heavy atom. The number of Topliss-reactive ketones (excluding diaryl/α,β-unsaturated/α-hetero) is 1. The second-order valence-electron chi connectivity index (χ2n) is 9.58. The summed E-state index contributed by atoms with van der Waals surface area (Å²) in [6.45, 7) is 5.94. The van der Waals surface area contributed by atoms with E-state index in [0.717, 1.165) is 37.1 Å². The quantitative estimate of drug-likeness (QED) is 0.625. The van der Waals surface area contributed by atoms with Crippen molar-refractivity contribution in [2.75, 3.05) is 13.2 Å². The van der Waals surface area contributed by atoms with Crippen molar-refractivity contribution in [2.24, 2.45) is 34.5 Å². The minimum Gasteiger partial charge on any atom is -0.343 e. The van der Waals surface area contributed by atoms with Crippen molar-refractivity contribution in [2.45, 2.75) is 64.6 Å². The molecule has 0 aromatic rings. The first-order valence-corrected chi connectivity index (χ1v) is 10.5. The maximum atomic E-state index is 12.5. The van der Waals surface area contributed by atoms with Crippen molar-refractivity contribution in [1.82, 2.24) is 0 Å². The van der Waals surface area contributed by atoms with Crippen molar-refractivity contribution in [1.29, 1.82) is 0 Å². The molecule has 6 atom stereocenters. The Hall–Kier alpha value is -0.380. The van der Waals surface area contributed by atoms with E-state index in [1.54, 1.807) is 0 Å². The Morgan fingerprint density at radius 2 is 1.84 bits per heavy atom. The molecule has 4 fully saturated rings. The first kappa shape index (κ1) is 16.8. The summed E-state index contributed by atoms with van der Waals surface area (Å²) in [6, 6.07) is 0. The highest BCUT2D eigenvalue weighted by atomic mass is 35.5. The average Bonchev–Trinajstić information content (AvgIpc) is 3.16. The van der Waals surface area contributed by atoms with Crippen LogP contribution in [0.1, 0.15) is 58.8 Å². The van der Waals surface area contributed by atoms with Crippen LogP contribution in [-0.4, -0.2) is 24.8 Å².